The number of amides is 1. The van der Waals surface area contributed by atoms with E-state index in [9.17, 15) is 9.18 Å². The lowest BCUT2D eigenvalue weighted by molar-refractivity contribution is 0.0936. The molecule has 0 aromatic heterocycles. The summed E-state index contributed by atoms with van der Waals surface area (Å²) in [4.78, 5) is 12.0. The standard InChI is InChI=1S/C17H22FNO2/c1-12(17(2,3)4)11-19-16(21)14-8-7-13(6-5-9-20)15(18)10-14/h7-8,10,12,20H,9,11H2,1-4H3,(H,19,21). The van der Waals surface area contributed by atoms with Crippen LogP contribution in [0.1, 0.15) is 43.6 Å². The summed E-state index contributed by atoms with van der Waals surface area (Å²) in [5, 5.41) is 11.4. The van der Waals surface area contributed by atoms with Crippen LogP contribution in [0.4, 0.5) is 4.39 Å². The molecule has 1 amide bonds. The third-order valence-corrected chi connectivity index (χ3v) is 3.58. The Labute approximate surface area is 125 Å². The predicted molar refractivity (Wildman–Crippen MR) is 81.3 cm³/mol. The third-order valence-electron chi connectivity index (χ3n) is 3.58. The van der Waals surface area contributed by atoms with Crippen LogP contribution in [0.25, 0.3) is 0 Å². The van der Waals surface area contributed by atoms with Gasteiger partial charge in [0.15, 0.2) is 0 Å². The van der Waals surface area contributed by atoms with Crippen LogP contribution >= 0.6 is 0 Å². The lowest BCUT2D eigenvalue weighted by Gasteiger charge is -2.27. The molecule has 3 nitrogen and oxygen atoms in total. The Bertz CT molecular complexity index is 564. The molecule has 0 aliphatic rings. The van der Waals surface area contributed by atoms with Crippen LogP contribution in [-0.4, -0.2) is 24.2 Å². The highest BCUT2D eigenvalue weighted by Crippen LogP contribution is 2.24. The van der Waals surface area contributed by atoms with Gasteiger partial charge in [0.25, 0.3) is 5.91 Å². The number of rotatable bonds is 3. The molecule has 0 aliphatic heterocycles. The topological polar surface area (TPSA) is 49.3 Å². The zero-order valence-corrected chi connectivity index (χ0v) is 13.0. The van der Waals surface area contributed by atoms with Gasteiger partial charge in [0, 0.05) is 12.1 Å². The highest BCUT2D eigenvalue weighted by molar-refractivity contribution is 5.94. The summed E-state index contributed by atoms with van der Waals surface area (Å²) in [5.74, 6) is 4.31. The van der Waals surface area contributed by atoms with Crippen LogP contribution in [0.5, 0.6) is 0 Å². The van der Waals surface area contributed by atoms with Crippen LogP contribution in [0.2, 0.25) is 0 Å². The van der Waals surface area contributed by atoms with E-state index in [1.165, 1.54) is 18.2 Å². The summed E-state index contributed by atoms with van der Waals surface area (Å²) >= 11 is 0. The van der Waals surface area contributed by atoms with Gasteiger partial charge in [0.1, 0.15) is 12.4 Å². The summed E-state index contributed by atoms with van der Waals surface area (Å²) < 4.78 is 13.8. The molecule has 0 bridgehead atoms. The maximum Gasteiger partial charge on any atom is 0.251 e. The van der Waals surface area contributed by atoms with Crippen LogP contribution in [-0.2, 0) is 0 Å². The van der Waals surface area contributed by atoms with Gasteiger partial charge in [-0.15, -0.1) is 0 Å². The van der Waals surface area contributed by atoms with Crippen molar-refractivity contribution in [2.45, 2.75) is 27.7 Å². The third kappa shape index (κ3) is 5.20. The Hall–Kier alpha value is -1.86. The van der Waals surface area contributed by atoms with E-state index in [1.54, 1.807) is 0 Å². The molecule has 2 N–H and O–H groups in total. The van der Waals surface area contributed by atoms with E-state index in [4.69, 9.17) is 5.11 Å². The summed E-state index contributed by atoms with van der Waals surface area (Å²) in [6.45, 7) is 8.60. The summed E-state index contributed by atoms with van der Waals surface area (Å²) in [6, 6.07) is 4.14. The van der Waals surface area contributed by atoms with Gasteiger partial charge in [-0.1, -0.05) is 39.5 Å². The molecule has 1 rings (SSSR count). The van der Waals surface area contributed by atoms with Crippen molar-refractivity contribution in [3.8, 4) is 11.8 Å². The molecule has 1 unspecified atom stereocenters. The minimum atomic E-state index is -0.563. The molecule has 1 aromatic rings. The van der Waals surface area contributed by atoms with Crippen molar-refractivity contribution in [3.63, 3.8) is 0 Å². The van der Waals surface area contributed by atoms with Crippen molar-refractivity contribution in [2.75, 3.05) is 13.2 Å². The van der Waals surface area contributed by atoms with E-state index < -0.39 is 5.82 Å². The molecule has 0 spiro atoms. The second kappa shape index (κ2) is 7.24. The van der Waals surface area contributed by atoms with E-state index in [0.717, 1.165) is 0 Å². The van der Waals surface area contributed by atoms with Crippen LogP contribution in [0.3, 0.4) is 0 Å². The van der Waals surface area contributed by atoms with Gasteiger partial charge in [-0.3, -0.25) is 4.79 Å². The SMILES string of the molecule is CC(CNC(=O)c1ccc(C#CCO)c(F)c1)C(C)(C)C. The number of carbonyl (C=O) groups is 1. The largest absolute Gasteiger partial charge is 0.384 e. The molecule has 0 fully saturated rings. The maximum absolute atomic E-state index is 13.8. The van der Waals surface area contributed by atoms with Gasteiger partial charge in [0.2, 0.25) is 0 Å². The Morgan fingerprint density at radius 3 is 2.62 bits per heavy atom. The van der Waals surface area contributed by atoms with Crippen molar-refractivity contribution >= 4 is 5.91 Å². The molecule has 0 saturated carbocycles. The number of aliphatic hydroxyl groups is 1. The molecule has 0 radical (unpaired) electrons. The quantitative estimate of drug-likeness (QED) is 0.841. The van der Waals surface area contributed by atoms with E-state index in [1.807, 2.05) is 0 Å². The second-order valence-electron chi connectivity index (χ2n) is 6.13. The second-order valence-corrected chi connectivity index (χ2v) is 6.13. The minimum Gasteiger partial charge on any atom is -0.384 e. The van der Waals surface area contributed by atoms with Gasteiger partial charge in [-0.25, -0.2) is 4.39 Å². The zero-order chi connectivity index (χ0) is 16.0. The monoisotopic (exact) mass is 291 g/mol. The normalized spacial score (nSPS) is 12.3. The molecular weight excluding hydrogens is 269 g/mol. The molecule has 0 heterocycles. The first-order valence-corrected chi connectivity index (χ1v) is 6.93. The first-order valence-electron chi connectivity index (χ1n) is 6.93. The van der Waals surface area contributed by atoms with E-state index in [-0.39, 0.29) is 29.1 Å². The first-order chi connectivity index (χ1) is 9.75. The van der Waals surface area contributed by atoms with Gasteiger partial charge in [0.05, 0.1) is 5.56 Å². The van der Waals surface area contributed by atoms with Crippen LogP contribution in [0, 0.1) is 29.0 Å². The zero-order valence-electron chi connectivity index (χ0n) is 13.0. The van der Waals surface area contributed by atoms with Crippen LogP contribution in [0.15, 0.2) is 18.2 Å². The number of hydrogen-bond donors (Lipinski definition) is 2. The molecular formula is C17H22FNO2. The number of hydrogen-bond acceptors (Lipinski definition) is 2. The summed E-state index contributed by atoms with van der Waals surface area (Å²) in [7, 11) is 0. The summed E-state index contributed by atoms with van der Waals surface area (Å²) in [5.41, 5.74) is 0.536. The van der Waals surface area contributed by atoms with Gasteiger partial charge < -0.3 is 10.4 Å². The molecule has 114 valence electrons. The van der Waals surface area contributed by atoms with Crippen molar-refractivity contribution in [2.24, 2.45) is 11.3 Å². The van der Waals surface area contributed by atoms with Crippen molar-refractivity contribution in [1.82, 2.24) is 5.32 Å². The average molecular weight is 291 g/mol. The first kappa shape index (κ1) is 17.2. The highest BCUT2D eigenvalue weighted by Gasteiger charge is 2.20. The molecule has 0 saturated heterocycles. The Morgan fingerprint density at radius 1 is 1.43 bits per heavy atom. The van der Waals surface area contributed by atoms with Crippen molar-refractivity contribution in [3.05, 3.63) is 35.1 Å². The molecule has 4 heteroatoms. The van der Waals surface area contributed by atoms with E-state index in [2.05, 4.69) is 44.9 Å². The smallest absolute Gasteiger partial charge is 0.251 e. The van der Waals surface area contributed by atoms with Gasteiger partial charge in [-0.05, 0) is 29.5 Å². The molecule has 21 heavy (non-hydrogen) atoms. The predicted octanol–water partition coefficient (Wildman–Crippen LogP) is 2.58. The van der Waals surface area contributed by atoms with Crippen molar-refractivity contribution < 1.29 is 14.3 Å². The van der Waals surface area contributed by atoms with Gasteiger partial charge in [-0.2, -0.15) is 0 Å². The fraction of sp³-hybridized carbons (Fsp3) is 0.471. The number of halogens is 1. The minimum absolute atomic E-state index is 0.0995. The number of carbonyl (C=O) groups excluding carboxylic acids is 1. The fourth-order valence-electron chi connectivity index (χ4n) is 1.55. The Morgan fingerprint density at radius 2 is 2.10 bits per heavy atom. The lowest BCUT2D eigenvalue weighted by Crippen LogP contribution is -2.33. The maximum atomic E-state index is 13.8. The van der Waals surface area contributed by atoms with Gasteiger partial charge >= 0.3 is 0 Å². The van der Waals surface area contributed by atoms with Crippen molar-refractivity contribution in [1.29, 1.82) is 0 Å². The Balaban J connectivity index is 2.74. The number of nitrogens with one attached hydrogen (secondary N) is 1. The molecule has 1 aromatic carbocycles. The summed E-state index contributed by atoms with van der Waals surface area (Å²) in [6.07, 6.45) is 0. The number of benzene rings is 1. The molecule has 0 aliphatic carbocycles. The highest BCUT2D eigenvalue weighted by atomic mass is 19.1. The lowest BCUT2D eigenvalue weighted by atomic mass is 9.82. The molecule has 1 atom stereocenters. The average Bonchev–Trinajstić information content (AvgIpc) is 2.41. The van der Waals surface area contributed by atoms with Crippen LogP contribution < -0.4 is 5.32 Å². The number of aliphatic hydroxyl groups excluding tert-OH is 1. The Kier molecular flexibility index (Phi) is 5.92. The fourth-order valence-corrected chi connectivity index (χ4v) is 1.55. The van der Waals surface area contributed by atoms with E-state index in [0.29, 0.717) is 12.5 Å². The van der Waals surface area contributed by atoms with E-state index >= 15 is 0 Å².